The number of carbonyl (C=O) groups is 1. The third kappa shape index (κ3) is 2.70. The fraction of sp³-hybridized carbons (Fsp3) is 0.278. The molecular formula is C18H17N3O2. The third-order valence-corrected chi connectivity index (χ3v) is 4.35. The first-order valence-corrected chi connectivity index (χ1v) is 7.86. The van der Waals surface area contributed by atoms with Gasteiger partial charge >= 0.3 is 0 Å². The monoisotopic (exact) mass is 307 g/mol. The number of carbonyl (C=O) groups excluding carboxylic acids is 1. The molecule has 1 aliphatic heterocycles. The van der Waals surface area contributed by atoms with Gasteiger partial charge in [-0.2, -0.15) is 0 Å². The molecule has 3 heterocycles. The van der Waals surface area contributed by atoms with Crippen molar-refractivity contribution in [2.45, 2.75) is 18.8 Å². The van der Waals surface area contributed by atoms with Crippen LogP contribution in [-0.2, 0) is 0 Å². The summed E-state index contributed by atoms with van der Waals surface area (Å²) >= 11 is 0. The molecule has 116 valence electrons. The molecule has 1 aliphatic rings. The summed E-state index contributed by atoms with van der Waals surface area (Å²) in [5.41, 5.74) is 2.38. The lowest BCUT2D eigenvalue weighted by atomic mass is 9.96. The number of rotatable bonds is 2. The van der Waals surface area contributed by atoms with Crippen LogP contribution in [0.25, 0.3) is 11.1 Å². The summed E-state index contributed by atoms with van der Waals surface area (Å²) < 4.78 is 5.86. The molecule has 0 radical (unpaired) electrons. The SMILES string of the molecule is O=C(c1cccnc1)N1CCC(c2nc3ccccc3o2)CC1. The minimum absolute atomic E-state index is 0.0501. The number of amides is 1. The average molecular weight is 307 g/mol. The number of fused-ring (bicyclic) bond motifs is 1. The van der Waals surface area contributed by atoms with Gasteiger partial charge in [0.2, 0.25) is 0 Å². The van der Waals surface area contributed by atoms with Crippen LogP contribution in [0, 0.1) is 0 Å². The van der Waals surface area contributed by atoms with Crippen LogP contribution >= 0.6 is 0 Å². The molecule has 5 heteroatoms. The first-order chi connectivity index (χ1) is 11.3. The summed E-state index contributed by atoms with van der Waals surface area (Å²) in [4.78, 5) is 22.9. The van der Waals surface area contributed by atoms with Crippen LogP contribution in [0.2, 0.25) is 0 Å². The number of pyridine rings is 1. The summed E-state index contributed by atoms with van der Waals surface area (Å²) in [6.07, 6.45) is 5.04. The molecule has 0 bridgehead atoms. The molecule has 5 nitrogen and oxygen atoms in total. The standard InChI is InChI=1S/C18H17N3O2/c22-18(14-4-3-9-19-12-14)21-10-7-13(8-11-21)17-20-15-5-1-2-6-16(15)23-17/h1-6,9,12-13H,7-8,10-11H2. The second kappa shape index (κ2) is 5.83. The maximum absolute atomic E-state index is 12.4. The van der Waals surface area contributed by atoms with Crippen LogP contribution < -0.4 is 0 Å². The van der Waals surface area contributed by atoms with Gasteiger partial charge in [-0.1, -0.05) is 12.1 Å². The Kier molecular flexibility index (Phi) is 3.54. The maximum atomic E-state index is 12.4. The number of nitrogens with zero attached hydrogens (tertiary/aromatic N) is 3. The van der Waals surface area contributed by atoms with E-state index >= 15 is 0 Å². The number of para-hydroxylation sites is 2. The third-order valence-electron chi connectivity index (χ3n) is 4.35. The van der Waals surface area contributed by atoms with E-state index in [1.807, 2.05) is 35.2 Å². The molecule has 3 aromatic rings. The lowest BCUT2D eigenvalue weighted by Crippen LogP contribution is -2.38. The van der Waals surface area contributed by atoms with Crippen LogP contribution in [0.15, 0.2) is 53.2 Å². The van der Waals surface area contributed by atoms with Crippen molar-refractivity contribution in [3.05, 3.63) is 60.2 Å². The second-order valence-corrected chi connectivity index (χ2v) is 5.83. The van der Waals surface area contributed by atoms with Gasteiger partial charge in [0.1, 0.15) is 5.52 Å². The molecule has 1 saturated heterocycles. The van der Waals surface area contributed by atoms with Crippen molar-refractivity contribution >= 4 is 17.0 Å². The van der Waals surface area contributed by atoms with Crippen LogP contribution in [0.3, 0.4) is 0 Å². The quantitative estimate of drug-likeness (QED) is 0.729. The first-order valence-electron chi connectivity index (χ1n) is 7.86. The van der Waals surface area contributed by atoms with E-state index < -0.39 is 0 Å². The molecule has 0 atom stereocenters. The van der Waals surface area contributed by atoms with Gasteiger partial charge in [-0.25, -0.2) is 4.98 Å². The molecule has 0 unspecified atom stereocenters. The van der Waals surface area contributed by atoms with Crippen molar-refractivity contribution in [2.24, 2.45) is 0 Å². The van der Waals surface area contributed by atoms with Gasteiger partial charge in [0.05, 0.1) is 5.56 Å². The summed E-state index contributed by atoms with van der Waals surface area (Å²) in [6.45, 7) is 1.44. The molecule has 23 heavy (non-hydrogen) atoms. The zero-order valence-corrected chi connectivity index (χ0v) is 12.7. The van der Waals surface area contributed by atoms with E-state index in [1.165, 1.54) is 0 Å². The Balaban J connectivity index is 1.45. The van der Waals surface area contributed by atoms with Gasteiger partial charge in [-0.05, 0) is 37.1 Å². The van der Waals surface area contributed by atoms with Crippen molar-refractivity contribution < 1.29 is 9.21 Å². The zero-order valence-electron chi connectivity index (χ0n) is 12.7. The largest absolute Gasteiger partial charge is 0.440 e. The lowest BCUT2D eigenvalue weighted by molar-refractivity contribution is 0.0706. The zero-order chi connectivity index (χ0) is 15.6. The number of aromatic nitrogens is 2. The maximum Gasteiger partial charge on any atom is 0.255 e. The van der Waals surface area contributed by atoms with Crippen LogP contribution in [-0.4, -0.2) is 33.9 Å². The summed E-state index contributed by atoms with van der Waals surface area (Å²) in [5, 5.41) is 0. The molecule has 4 rings (SSSR count). The lowest BCUT2D eigenvalue weighted by Gasteiger charge is -2.30. The van der Waals surface area contributed by atoms with Gasteiger partial charge in [0.25, 0.3) is 5.91 Å². The van der Waals surface area contributed by atoms with E-state index in [2.05, 4.69) is 9.97 Å². The Bertz CT molecular complexity index is 787. The highest BCUT2D eigenvalue weighted by Crippen LogP contribution is 2.30. The predicted octanol–water partition coefficient (Wildman–Crippen LogP) is 3.24. The van der Waals surface area contributed by atoms with Crippen molar-refractivity contribution in [1.29, 1.82) is 0 Å². The van der Waals surface area contributed by atoms with Gasteiger partial charge in [-0.3, -0.25) is 9.78 Å². The minimum Gasteiger partial charge on any atom is -0.440 e. The number of oxazole rings is 1. The van der Waals surface area contributed by atoms with Crippen molar-refractivity contribution in [3.63, 3.8) is 0 Å². The van der Waals surface area contributed by atoms with Crippen molar-refractivity contribution in [2.75, 3.05) is 13.1 Å². The Morgan fingerprint density at radius 3 is 2.70 bits per heavy atom. The Morgan fingerprint density at radius 2 is 1.96 bits per heavy atom. The van der Waals surface area contributed by atoms with Gasteiger partial charge in [0, 0.05) is 31.4 Å². The van der Waals surface area contributed by atoms with E-state index in [9.17, 15) is 4.79 Å². The average Bonchev–Trinajstić information content (AvgIpc) is 3.06. The van der Waals surface area contributed by atoms with Crippen molar-refractivity contribution in [1.82, 2.24) is 14.9 Å². The highest BCUT2D eigenvalue weighted by atomic mass is 16.3. The van der Waals surface area contributed by atoms with E-state index in [0.717, 1.165) is 42.9 Å². The number of hydrogen-bond acceptors (Lipinski definition) is 4. The van der Waals surface area contributed by atoms with Gasteiger partial charge in [-0.15, -0.1) is 0 Å². The highest BCUT2D eigenvalue weighted by Gasteiger charge is 2.27. The fourth-order valence-corrected chi connectivity index (χ4v) is 3.07. The molecule has 1 aromatic carbocycles. The normalized spacial score (nSPS) is 15.9. The molecule has 0 spiro atoms. The summed E-state index contributed by atoms with van der Waals surface area (Å²) in [6, 6.07) is 11.4. The first kappa shape index (κ1) is 13.9. The van der Waals surface area contributed by atoms with Crippen LogP contribution in [0.5, 0.6) is 0 Å². The predicted molar refractivity (Wildman–Crippen MR) is 86.1 cm³/mol. The summed E-state index contributed by atoms with van der Waals surface area (Å²) in [7, 11) is 0. The molecule has 2 aromatic heterocycles. The number of likely N-dealkylation sites (tertiary alicyclic amines) is 1. The van der Waals surface area contributed by atoms with E-state index in [1.54, 1.807) is 18.5 Å². The van der Waals surface area contributed by atoms with E-state index in [0.29, 0.717) is 5.56 Å². The molecule has 0 saturated carbocycles. The van der Waals surface area contributed by atoms with E-state index in [-0.39, 0.29) is 11.8 Å². The molecule has 0 N–H and O–H groups in total. The van der Waals surface area contributed by atoms with Gasteiger partial charge in [0.15, 0.2) is 11.5 Å². The number of piperidine rings is 1. The van der Waals surface area contributed by atoms with Gasteiger partial charge < -0.3 is 9.32 Å². The molecule has 1 amide bonds. The van der Waals surface area contributed by atoms with Crippen LogP contribution in [0.1, 0.15) is 35.0 Å². The Hall–Kier alpha value is -2.69. The van der Waals surface area contributed by atoms with Crippen LogP contribution in [0.4, 0.5) is 0 Å². The Morgan fingerprint density at radius 1 is 1.13 bits per heavy atom. The Labute approximate surface area is 134 Å². The van der Waals surface area contributed by atoms with Crippen molar-refractivity contribution in [3.8, 4) is 0 Å². The van der Waals surface area contributed by atoms with E-state index in [4.69, 9.17) is 4.42 Å². The molecule has 0 aliphatic carbocycles. The summed E-state index contributed by atoms with van der Waals surface area (Å²) in [5.74, 6) is 1.12. The molecular weight excluding hydrogens is 290 g/mol. The number of benzene rings is 1. The second-order valence-electron chi connectivity index (χ2n) is 5.83. The highest BCUT2D eigenvalue weighted by molar-refractivity contribution is 5.93. The smallest absolute Gasteiger partial charge is 0.255 e. The number of hydrogen-bond donors (Lipinski definition) is 0. The minimum atomic E-state index is 0.0501. The topological polar surface area (TPSA) is 59.2 Å². The molecule has 1 fully saturated rings. The fourth-order valence-electron chi connectivity index (χ4n) is 3.07.